The fraction of sp³-hybridized carbons (Fsp3) is 0.222. The van der Waals surface area contributed by atoms with E-state index in [9.17, 15) is 0 Å². The number of pyridine rings is 1. The number of halogens is 1. The lowest BCUT2D eigenvalue weighted by Gasteiger charge is -1.99. The normalized spacial score (nSPS) is 8.50. The maximum Gasteiger partial charge on any atom is 0.155 e. The molecule has 0 spiro atoms. The van der Waals surface area contributed by atoms with Gasteiger partial charge in [-0.1, -0.05) is 21.9 Å². The maximum absolute atomic E-state index is 5.06. The van der Waals surface area contributed by atoms with Gasteiger partial charge in [0.25, 0.3) is 0 Å². The van der Waals surface area contributed by atoms with Crippen molar-refractivity contribution < 1.29 is 4.74 Å². The van der Waals surface area contributed by atoms with Crippen LogP contribution in [-0.2, 0) is 0 Å². The minimum atomic E-state index is 0.646. The Balaban J connectivity index is 2.97. The van der Waals surface area contributed by atoms with Crippen LogP contribution < -0.4 is 4.74 Å². The van der Waals surface area contributed by atoms with Gasteiger partial charge in [0.15, 0.2) is 11.4 Å². The molecule has 12 heavy (non-hydrogen) atoms. The van der Waals surface area contributed by atoms with Crippen LogP contribution >= 0.6 is 15.9 Å². The third-order valence-electron chi connectivity index (χ3n) is 1.26. The number of hydrogen-bond donors (Lipinski definition) is 0. The van der Waals surface area contributed by atoms with Crippen molar-refractivity contribution in [3.63, 3.8) is 0 Å². The Bertz CT molecular complexity index is 314. The van der Waals surface area contributed by atoms with Gasteiger partial charge in [-0.2, -0.15) is 0 Å². The molecule has 0 saturated heterocycles. The second-order valence-electron chi connectivity index (χ2n) is 1.99. The summed E-state index contributed by atoms with van der Waals surface area (Å²) in [4.78, 5) is 4.07. The molecule has 0 radical (unpaired) electrons. The van der Waals surface area contributed by atoms with E-state index < -0.39 is 0 Å². The van der Waals surface area contributed by atoms with E-state index in [0.29, 0.717) is 16.8 Å². The van der Waals surface area contributed by atoms with Gasteiger partial charge in [-0.25, -0.2) is 4.98 Å². The minimum Gasteiger partial charge on any atom is -0.494 e. The van der Waals surface area contributed by atoms with Crippen molar-refractivity contribution in [2.75, 3.05) is 12.4 Å². The van der Waals surface area contributed by atoms with Crippen molar-refractivity contribution in [2.45, 2.75) is 0 Å². The van der Waals surface area contributed by atoms with Gasteiger partial charge in [0, 0.05) is 6.20 Å². The fourth-order valence-corrected chi connectivity index (χ4v) is 0.906. The zero-order valence-electron chi connectivity index (χ0n) is 6.67. The zero-order chi connectivity index (χ0) is 8.81. The molecule has 1 aromatic heterocycles. The van der Waals surface area contributed by atoms with Gasteiger partial charge in [-0.15, -0.1) is 0 Å². The van der Waals surface area contributed by atoms with Crippen molar-refractivity contribution in [2.24, 2.45) is 0 Å². The number of methoxy groups -OCH3 is 1. The molecule has 0 aromatic carbocycles. The topological polar surface area (TPSA) is 22.1 Å². The summed E-state index contributed by atoms with van der Waals surface area (Å²) in [5, 5.41) is 0.646. The Labute approximate surface area is 80.1 Å². The van der Waals surface area contributed by atoms with E-state index in [1.807, 2.05) is 12.1 Å². The monoisotopic (exact) mass is 225 g/mol. The largest absolute Gasteiger partial charge is 0.494 e. The summed E-state index contributed by atoms with van der Waals surface area (Å²) in [5.41, 5.74) is 0.680. The van der Waals surface area contributed by atoms with Crippen molar-refractivity contribution in [3.8, 4) is 17.6 Å². The first-order valence-electron chi connectivity index (χ1n) is 3.42. The molecule has 0 amide bonds. The van der Waals surface area contributed by atoms with E-state index in [0.717, 1.165) is 0 Å². The number of ether oxygens (including phenoxy) is 1. The van der Waals surface area contributed by atoms with Gasteiger partial charge in [0.1, 0.15) is 0 Å². The summed E-state index contributed by atoms with van der Waals surface area (Å²) in [7, 11) is 1.61. The van der Waals surface area contributed by atoms with Crippen LogP contribution in [0.4, 0.5) is 0 Å². The average molecular weight is 226 g/mol. The predicted molar refractivity (Wildman–Crippen MR) is 51.5 cm³/mol. The lowest BCUT2D eigenvalue weighted by molar-refractivity contribution is 0.411. The number of rotatable bonds is 1. The smallest absolute Gasteiger partial charge is 0.155 e. The first kappa shape index (κ1) is 9.08. The summed E-state index contributed by atoms with van der Waals surface area (Å²) in [6.07, 6.45) is 1.70. The van der Waals surface area contributed by atoms with Crippen molar-refractivity contribution >= 4 is 15.9 Å². The lowest BCUT2D eigenvalue weighted by atomic mass is 10.3. The summed E-state index contributed by atoms with van der Waals surface area (Å²) in [5.74, 6) is 6.46. The van der Waals surface area contributed by atoms with Crippen LogP contribution in [0, 0.1) is 11.8 Å². The van der Waals surface area contributed by atoms with Crippen LogP contribution in [0.3, 0.4) is 0 Å². The Kier molecular flexibility index (Phi) is 3.62. The Hall–Kier alpha value is -1.01. The number of aromatic nitrogens is 1. The number of hydrogen-bond acceptors (Lipinski definition) is 2. The van der Waals surface area contributed by atoms with Gasteiger partial charge >= 0.3 is 0 Å². The van der Waals surface area contributed by atoms with Crippen molar-refractivity contribution in [1.29, 1.82) is 0 Å². The molecule has 0 unspecified atom stereocenters. The summed E-state index contributed by atoms with van der Waals surface area (Å²) >= 11 is 3.21. The highest BCUT2D eigenvalue weighted by Gasteiger charge is 1.97. The summed E-state index contributed by atoms with van der Waals surface area (Å²) < 4.78 is 5.06. The van der Waals surface area contributed by atoms with Gasteiger partial charge in [0.2, 0.25) is 0 Å². The van der Waals surface area contributed by atoms with E-state index >= 15 is 0 Å². The first-order chi connectivity index (χ1) is 5.88. The van der Waals surface area contributed by atoms with Crippen LogP contribution in [0.1, 0.15) is 5.69 Å². The van der Waals surface area contributed by atoms with Crippen LogP contribution in [0.5, 0.6) is 5.75 Å². The Morgan fingerprint density at radius 2 is 2.50 bits per heavy atom. The number of nitrogens with zero attached hydrogens (tertiary/aromatic N) is 1. The molecule has 1 aromatic rings. The van der Waals surface area contributed by atoms with E-state index in [-0.39, 0.29) is 0 Å². The molecule has 1 rings (SSSR count). The molecule has 62 valence electrons. The van der Waals surface area contributed by atoms with Crippen LogP contribution in [0.25, 0.3) is 0 Å². The molecule has 0 aliphatic heterocycles. The van der Waals surface area contributed by atoms with Gasteiger partial charge < -0.3 is 4.74 Å². The molecule has 0 bridgehead atoms. The van der Waals surface area contributed by atoms with Crippen LogP contribution in [0.2, 0.25) is 0 Å². The molecule has 0 aliphatic rings. The Morgan fingerprint density at radius 1 is 1.67 bits per heavy atom. The summed E-state index contributed by atoms with van der Waals surface area (Å²) in [6.45, 7) is 0. The molecular weight excluding hydrogens is 218 g/mol. The van der Waals surface area contributed by atoms with Crippen LogP contribution in [-0.4, -0.2) is 17.4 Å². The van der Waals surface area contributed by atoms with E-state index in [1.54, 1.807) is 13.3 Å². The van der Waals surface area contributed by atoms with Gasteiger partial charge in [0.05, 0.1) is 12.4 Å². The SMILES string of the molecule is COc1cccnc1C#CCBr. The second-order valence-corrected chi connectivity index (χ2v) is 2.55. The highest BCUT2D eigenvalue weighted by Crippen LogP contribution is 2.12. The highest BCUT2D eigenvalue weighted by atomic mass is 79.9. The lowest BCUT2D eigenvalue weighted by Crippen LogP contribution is -1.89. The molecule has 0 aliphatic carbocycles. The molecule has 2 nitrogen and oxygen atoms in total. The maximum atomic E-state index is 5.06. The standard InChI is InChI=1S/C9H8BrNO/c1-12-9-5-3-7-11-8(9)4-2-6-10/h3,5,7H,6H2,1H3. The molecule has 0 fully saturated rings. The van der Waals surface area contributed by atoms with E-state index in [1.165, 1.54) is 0 Å². The van der Waals surface area contributed by atoms with E-state index in [4.69, 9.17) is 4.74 Å². The average Bonchev–Trinajstić information content (AvgIpc) is 2.15. The van der Waals surface area contributed by atoms with Gasteiger partial charge in [-0.05, 0) is 18.1 Å². The predicted octanol–water partition coefficient (Wildman–Crippen LogP) is 1.84. The molecule has 0 N–H and O–H groups in total. The van der Waals surface area contributed by atoms with Crippen molar-refractivity contribution in [3.05, 3.63) is 24.0 Å². The van der Waals surface area contributed by atoms with E-state index in [2.05, 4.69) is 32.8 Å². The van der Waals surface area contributed by atoms with Crippen molar-refractivity contribution in [1.82, 2.24) is 4.98 Å². The third kappa shape index (κ3) is 2.24. The molecule has 1 heterocycles. The highest BCUT2D eigenvalue weighted by molar-refractivity contribution is 9.09. The quantitative estimate of drug-likeness (QED) is 0.538. The molecule has 0 saturated carbocycles. The second kappa shape index (κ2) is 4.78. The third-order valence-corrected chi connectivity index (χ3v) is 1.54. The Morgan fingerprint density at radius 3 is 3.17 bits per heavy atom. The first-order valence-corrected chi connectivity index (χ1v) is 4.54. The number of alkyl halides is 1. The molecule has 0 atom stereocenters. The van der Waals surface area contributed by atoms with Crippen LogP contribution in [0.15, 0.2) is 18.3 Å². The molecule has 3 heteroatoms. The fourth-order valence-electron chi connectivity index (χ4n) is 0.766. The summed E-state index contributed by atoms with van der Waals surface area (Å²) in [6, 6.07) is 3.66. The molecular formula is C9H8BrNO. The minimum absolute atomic E-state index is 0.646. The van der Waals surface area contributed by atoms with Gasteiger partial charge in [-0.3, -0.25) is 0 Å². The zero-order valence-corrected chi connectivity index (χ0v) is 8.26.